The van der Waals surface area contributed by atoms with Crippen LogP contribution < -0.4 is 5.32 Å². The van der Waals surface area contributed by atoms with E-state index in [-0.39, 0.29) is 17.8 Å². The molecule has 2 saturated carbocycles. The van der Waals surface area contributed by atoms with Crippen molar-refractivity contribution in [2.75, 3.05) is 17.7 Å². The number of thioether (sulfide) groups is 1. The summed E-state index contributed by atoms with van der Waals surface area (Å²) in [7, 11) is 0. The van der Waals surface area contributed by atoms with Gasteiger partial charge >= 0.3 is 12.0 Å². The van der Waals surface area contributed by atoms with Crippen molar-refractivity contribution >= 4 is 40.2 Å². The Hall–Kier alpha value is -1.28. The molecule has 1 aromatic rings. The van der Waals surface area contributed by atoms with E-state index in [0.29, 0.717) is 23.8 Å². The fraction of sp³-hybridized carbons (Fsp3) is 0.773. The number of nitrogens with zero attached hydrogens (tertiary/aromatic N) is 2. The quantitative estimate of drug-likeness (QED) is 0.314. The van der Waals surface area contributed by atoms with Crippen molar-refractivity contribution in [1.82, 2.24) is 9.88 Å². The summed E-state index contributed by atoms with van der Waals surface area (Å²) in [4.78, 5) is 31.5. The van der Waals surface area contributed by atoms with Crippen LogP contribution in [-0.4, -0.2) is 46.3 Å². The molecule has 1 N–H and O–H groups in total. The van der Waals surface area contributed by atoms with E-state index in [1.54, 1.807) is 13.1 Å². The van der Waals surface area contributed by atoms with Gasteiger partial charge in [-0.3, -0.25) is 10.1 Å². The largest absolute Gasteiger partial charge is 0.465 e. The number of nitrogens with one attached hydrogen (secondary N) is 1. The van der Waals surface area contributed by atoms with E-state index in [1.165, 1.54) is 61.6 Å². The van der Waals surface area contributed by atoms with E-state index in [0.717, 1.165) is 35.8 Å². The fourth-order valence-corrected chi connectivity index (χ4v) is 6.22. The molecular formula is C22H35N3O3S2. The number of anilines is 1. The molecule has 1 aromatic heterocycles. The topological polar surface area (TPSA) is 71.5 Å². The van der Waals surface area contributed by atoms with Crippen LogP contribution in [-0.2, 0) is 9.53 Å². The van der Waals surface area contributed by atoms with Crippen LogP contribution in [0, 0.1) is 5.92 Å². The van der Waals surface area contributed by atoms with Crippen molar-refractivity contribution in [3.63, 3.8) is 0 Å². The number of amides is 2. The molecule has 0 aromatic carbocycles. The number of thiazole rings is 1. The number of urea groups is 1. The fourth-order valence-electron chi connectivity index (χ4n) is 4.56. The number of ether oxygens (including phenoxy) is 1. The molecule has 3 rings (SSSR count). The Balaban J connectivity index is 1.63. The molecule has 2 aliphatic rings. The summed E-state index contributed by atoms with van der Waals surface area (Å²) in [6.07, 6.45) is 13.5. The molecule has 6 nitrogen and oxygen atoms in total. The molecule has 0 radical (unpaired) electrons. The van der Waals surface area contributed by atoms with Gasteiger partial charge < -0.3 is 9.64 Å². The van der Waals surface area contributed by atoms with Gasteiger partial charge in [-0.2, -0.15) is 0 Å². The predicted octanol–water partition coefficient (Wildman–Crippen LogP) is 5.93. The summed E-state index contributed by atoms with van der Waals surface area (Å²) in [6, 6.07) is 0.670. The summed E-state index contributed by atoms with van der Waals surface area (Å²) < 4.78 is 5.87. The van der Waals surface area contributed by atoms with Crippen LogP contribution in [0.2, 0.25) is 0 Å². The number of esters is 1. The monoisotopic (exact) mass is 453 g/mol. The van der Waals surface area contributed by atoms with Gasteiger partial charge in [0.2, 0.25) is 0 Å². The van der Waals surface area contributed by atoms with Gasteiger partial charge in [-0.1, -0.05) is 43.9 Å². The molecule has 2 fully saturated rings. The third-order valence-electron chi connectivity index (χ3n) is 6.17. The van der Waals surface area contributed by atoms with Crippen LogP contribution in [0.5, 0.6) is 0 Å². The number of aromatic nitrogens is 1. The normalized spacial score (nSPS) is 22.9. The first kappa shape index (κ1) is 23.4. The van der Waals surface area contributed by atoms with Crippen LogP contribution in [0.15, 0.2) is 10.4 Å². The highest BCUT2D eigenvalue weighted by molar-refractivity contribution is 8.01. The highest BCUT2D eigenvalue weighted by Crippen LogP contribution is 2.33. The zero-order chi connectivity index (χ0) is 21.3. The van der Waals surface area contributed by atoms with E-state index in [4.69, 9.17) is 4.74 Å². The van der Waals surface area contributed by atoms with Crippen LogP contribution >= 0.6 is 23.1 Å². The highest BCUT2D eigenvalue weighted by atomic mass is 32.2. The summed E-state index contributed by atoms with van der Waals surface area (Å²) >= 11 is 2.82. The minimum atomic E-state index is -0.229. The van der Waals surface area contributed by atoms with Crippen molar-refractivity contribution in [3.05, 3.63) is 6.20 Å². The Labute approximate surface area is 188 Å². The Morgan fingerprint density at radius 1 is 1.13 bits per heavy atom. The van der Waals surface area contributed by atoms with Crippen molar-refractivity contribution < 1.29 is 14.3 Å². The Morgan fingerprint density at radius 2 is 1.80 bits per heavy atom. The summed E-state index contributed by atoms with van der Waals surface area (Å²) in [6.45, 7) is 4.51. The van der Waals surface area contributed by atoms with Crippen LogP contribution in [0.1, 0.15) is 78.1 Å². The third-order valence-corrected chi connectivity index (χ3v) is 8.25. The average molecular weight is 454 g/mol. The lowest BCUT2D eigenvalue weighted by Gasteiger charge is -2.40. The van der Waals surface area contributed by atoms with Crippen LogP contribution in [0.3, 0.4) is 0 Å². The van der Waals surface area contributed by atoms with Gasteiger partial charge in [0.05, 0.1) is 22.8 Å². The SMILES string of the molecule is CCOC(=O)CSc1cnc(NC(=O)N(C2CCCCCC2)C2CCC(C)CC2)s1. The van der Waals surface area contributed by atoms with Crippen molar-refractivity contribution in [2.24, 2.45) is 5.92 Å². The number of carbonyl (C=O) groups excluding carboxylic acids is 2. The van der Waals surface area contributed by atoms with Gasteiger partial charge in [-0.25, -0.2) is 9.78 Å². The molecular weight excluding hydrogens is 418 g/mol. The van der Waals surface area contributed by atoms with E-state index in [9.17, 15) is 9.59 Å². The molecule has 0 unspecified atom stereocenters. The first-order chi connectivity index (χ1) is 14.6. The minimum absolute atomic E-state index is 0.00209. The number of carbonyl (C=O) groups is 2. The molecule has 2 amide bonds. The standard InChI is InChI=1S/C22H35N3O3S2/c1-3-28-19(26)15-29-20-14-23-21(30-20)24-22(27)25(17-8-6-4-5-7-9-17)18-12-10-16(2)11-13-18/h14,16-18H,3-13,15H2,1-2H3,(H,23,24,27). The highest BCUT2D eigenvalue weighted by Gasteiger charge is 2.33. The van der Waals surface area contributed by atoms with Gasteiger partial charge in [0, 0.05) is 12.1 Å². The molecule has 1 heterocycles. The number of hydrogen-bond acceptors (Lipinski definition) is 6. The zero-order valence-corrected chi connectivity index (χ0v) is 19.9. The summed E-state index contributed by atoms with van der Waals surface area (Å²) in [5.74, 6) is 0.795. The van der Waals surface area contributed by atoms with Gasteiger partial charge in [0.25, 0.3) is 0 Å². The first-order valence-corrected chi connectivity index (χ1v) is 13.2. The maximum absolute atomic E-state index is 13.4. The van der Waals surface area contributed by atoms with Crippen molar-refractivity contribution in [1.29, 1.82) is 0 Å². The second-order valence-corrected chi connectivity index (χ2v) is 10.8. The predicted molar refractivity (Wildman–Crippen MR) is 123 cm³/mol. The minimum Gasteiger partial charge on any atom is -0.465 e. The zero-order valence-electron chi connectivity index (χ0n) is 18.2. The lowest BCUT2D eigenvalue weighted by Crippen LogP contribution is -2.50. The summed E-state index contributed by atoms with van der Waals surface area (Å²) in [5, 5.41) is 3.67. The molecule has 0 atom stereocenters. The maximum Gasteiger partial charge on any atom is 0.324 e. The van der Waals surface area contributed by atoms with Gasteiger partial charge in [0.15, 0.2) is 5.13 Å². The van der Waals surface area contributed by atoms with Gasteiger partial charge in [-0.15, -0.1) is 11.8 Å². The summed E-state index contributed by atoms with van der Waals surface area (Å²) in [5.41, 5.74) is 0. The van der Waals surface area contributed by atoms with Crippen molar-refractivity contribution in [3.8, 4) is 0 Å². The molecule has 0 spiro atoms. The Bertz CT molecular complexity index is 681. The average Bonchev–Trinajstić information content (AvgIpc) is 3.00. The van der Waals surface area contributed by atoms with Crippen molar-refractivity contribution in [2.45, 2.75) is 94.3 Å². The van der Waals surface area contributed by atoms with E-state index < -0.39 is 0 Å². The smallest absolute Gasteiger partial charge is 0.324 e. The Morgan fingerprint density at radius 3 is 2.47 bits per heavy atom. The first-order valence-electron chi connectivity index (χ1n) is 11.4. The molecule has 0 aliphatic heterocycles. The molecule has 168 valence electrons. The molecule has 2 aliphatic carbocycles. The van der Waals surface area contributed by atoms with E-state index >= 15 is 0 Å². The number of rotatable bonds is 7. The molecule has 8 heteroatoms. The molecule has 30 heavy (non-hydrogen) atoms. The Kier molecular flexibility index (Phi) is 9.30. The maximum atomic E-state index is 13.4. The molecule has 0 bridgehead atoms. The second-order valence-electron chi connectivity index (χ2n) is 8.47. The third kappa shape index (κ3) is 6.87. The lowest BCUT2D eigenvalue weighted by atomic mass is 9.85. The number of hydrogen-bond donors (Lipinski definition) is 1. The molecule has 0 saturated heterocycles. The van der Waals surface area contributed by atoms with E-state index in [1.807, 2.05) is 0 Å². The lowest BCUT2D eigenvalue weighted by molar-refractivity contribution is -0.139. The second kappa shape index (κ2) is 11.9. The van der Waals surface area contributed by atoms with Gasteiger partial charge in [0.1, 0.15) is 0 Å². The van der Waals surface area contributed by atoms with Gasteiger partial charge in [-0.05, 0) is 51.4 Å². The van der Waals surface area contributed by atoms with Crippen LogP contribution in [0.4, 0.5) is 9.93 Å². The van der Waals surface area contributed by atoms with Crippen LogP contribution in [0.25, 0.3) is 0 Å². The van der Waals surface area contributed by atoms with E-state index in [2.05, 4.69) is 22.1 Å².